The molecule has 0 N–H and O–H groups in total. The van der Waals surface area contributed by atoms with Gasteiger partial charge < -0.3 is 0 Å². The Morgan fingerprint density at radius 2 is 2.20 bits per heavy atom. The van der Waals surface area contributed by atoms with Crippen molar-refractivity contribution in [1.29, 1.82) is 0 Å². The summed E-state index contributed by atoms with van der Waals surface area (Å²) < 4.78 is 0. The van der Waals surface area contributed by atoms with Crippen LogP contribution in [-0.2, 0) is 6.42 Å². The molecular weight excluding hydrogens is 271 g/mol. The number of benzene rings is 1. The number of hydrogen-bond acceptors (Lipinski definition) is 0. The predicted molar refractivity (Wildman–Crippen MR) is 69.9 cm³/mol. The third-order valence-corrected chi connectivity index (χ3v) is 4.92. The smallest absolute Gasteiger partial charge is 0.0435 e. The van der Waals surface area contributed by atoms with Crippen LogP contribution >= 0.6 is 27.5 Å². The van der Waals surface area contributed by atoms with Crippen LogP contribution in [-0.4, -0.2) is 4.83 Å². The van der Waals surface area contributed by atoms with Gasteiger partial charge in [-0.25, -0.2) is 0 Å². The molecule has 2 heteroatoms. The first kappa shape index (κ1) is 11.5. The average Bonchev–Trinajstić information content (AvgIpc) is 2.59. The van der Waals surface area contributed by atoms with Crippen LogP contribution in [0, 0.1) is 12.8 Å². The molecule has 0 aliphatic heterocycles. The molecule has 1 saturated carbocycles. The summed E-state index contributed by atoms with van der Waals surface area (Å²) in [7, 11) is 0. The first-order chi connectivity index (χ1) is 7.16. The van der Waals surface area contributed by atoms with Gasteiger partial charge in [-0.1, -0.05) is 46.1 Å². The molecular formula is C13H16BrCl. The van der Waals surface area contributed by atoms with E-state index in [1.54, 1.807) is 0 Å². The number of aryl methyl sites for hydroxylation is 1. The zero-order valence-corrected chi connectivity index (χ0v) is 11.3. The van der Waals surface area contributed by atoms with Gasteiger partial charge in [0.15, 0.2) is 0 Å². The van der Waals surface area contributed by atoms with Gasteiger partial charge in [-0.3, -0.25) is 0 Å². The van der Waals surface area contributed by atoms with Gasteiger partial charge >= 0.3 is 0 Å². The lowest BCUT2D eigenvalue weighted by Gasteiger charge is -2.14. The topological polar surface area (TPSA) is 0 Å². The Morgan fingerprint density at radius 3 is 2.80 bits per heavy atom. The number of rotatable bonds is 2. The Kier molecular flexibility index (Phi) is 3.73. The molecule has 1 aromatic carbocycles. The fourth-order valence-corrected chi connectivity index (χ4v) is 3.25. The summed E-state index contributed by atoms with van der Waals surface area (Å²) in [4.78, 5) is 0.716. The van der Waals surface area contributed by atoms with E-state index in [0.717, 1.165) is 10.9 Å². The highest BCUT2D eigenvalue weighted by Crippen LogP contribution is 2.34. The SMILES string of the molecule is Cc1cc(CC2CCCC2Br)ccc1Cl. The Bertz CT molecular complexity index is 348. The average molecular weight is 288 g/mol. The van der Waals surface area contributed by atoms with Crippen molar-refractivity contribution in [2.75, 3.05) is 0 Å². The minimum absolute atomic E-state index is 0.716. The van der Waals surface area contributed by atoms with Crippen LogP contribution in [0.15, 0.2) is 18.2 Å². The Morgan fingerprint density at radius 1 is 1.40 bits per heavy atom. The summed E-state index contributed by atoms with van der Waals surface area (Å²) in [5.74, 6) is 0.811. The lowest BCUT2D eigenvalue weighted by Crippen LogP contribution is -2.09. The van der Waals surface area contributed by atoms with Crippen LogP contribution in [0.1, 0.15) is 30.4 Å². The van der Waals surface area contributed by atoms with Crippen molar-refractivity contribution in [3.05, 3.63) is 34.3 Å². The lowest BCUT2D eigenvalue weighted by molar-refractivity contribution is 0.562. The second-order valence-corrected chi connectivity index (χ2v) is 6.08. The van der Waals surface area contributed by atoms with Crippen molar-refractivity contribution >= 4 is 27.5 Å². The number of alkyl halides is 1. The maximum absolute atomic E-state index is 6.02. The molecule has 2 atom stereocenters. The summed E-state index contributed by atoms with van der Waals surface area (Å²) in [6.07, 6.45) is 5.25. The molecule has 0 saturated heterocycles. The standard InChI is InChI=1S/C13H16BrCl/c1-9-7-10(5-6-13(9)15)8-11-3-2-4-12(11)14/h5-7,11-12H,2-4,8H2,1H3. The highest BCUT2D eigenvalue weighted by Gasteiger charge is 2.24. The van der Waals surface area contributed by atoms with Crippen molar-refractivity contribution in [1.82, 2.24) is 0 Å². The van der Waals surface area contributed by atoms with Gasteiger partial charge in [0, 0.05) is 9.85 Å². The molecule has 82 valence electrons. The molecule has 0 heterocycles. The van der Waals surface area contributed by atoms with E-state index in [1.807, 2.05) is 6.07 Å². The summed E-state index contributed by atoms with van der Waals surface area (Å²) in [6.45, 7) is 2.08. The van der Waals surface area contributed by atoms with Crippen molar-refractivity contribution < 1.29 is 0 Å². The Balaban J connectivity index is 2.07. The maximum Gasteiger partial charge on any atom is 0.0435 e. The molecule has 1 aliphatic carbocycles. The fourth-order valence-electron chi connectivity index (χ4n) is 2.36. The third kappa shape index (κ3) is 2.76. The van der Waals surface area contributed by atoms with Gasteiger partial charge in [0.25, 0.3) is 0 Å². The molecule has 2 rings (SSSR count). The zero-order valence-electron chi connectivity index (χ0n) is 8.97. The van der Waals surface area contributed by atoms with Crippen molar-refractivity contribution in [3.8, 4) is 0 Å². The van der Waals surface area contributed by atoms with E-state index < -0.39 is 0 Å². The minimum atomic E-state index is 0.716. The fraction of sp³-hybridized carbons (Fsp3) is 0.538. The van der Waals surface area contributed by atoms with Crippen molar-refractivity contribution in [3.63, 3.8) is 0 Å². The molecule has 0 spiro atoms. The summed E-state index contributed by atoms with van der Waals surface area (Å²) in [6, 6.07) is 6.40. The zero-order chi connectivity index (χ0) is 10.8. The molecule has 0 radical (unpaired) electrons. The summed E-state index contributed by atoms with van der Waals surface area (Å²) >= 11 is 9.79. The van der Waals surface area contributed by atoms with E-state index in [4.69, 9.17) is 11.6 Å². The van der Waals surface area contributed by atoms with Gasteiger partial charge in [0.2, 0.25) is 0 Å². The maximum atomic E-state index is 6.02. The second kappa shape index (κ2) is 4.88. The molecule has 0 bridgehead atoms. The molecule has 0 nitrogen and oxygen atoms in total. The Labute approximate surface area is 105 Å². The summed E-state index contributed by atoms with van der Waals surface area (Å²) in [5, 5.41) is 0.876. The lowest BCUT2D eigenvalue weighted by atomic mass is 9.97. The van der Waals surface area contributed by atoms with Crippen LogP contribution in [0.4, 0.5) is 0 Å². The molecule has 1 fully saturated rings. The summed E-state index contributed by atoms with van der Waals surface area (Å²) in [5.41, 5.74) is 2.62. The minimum Gasteiger partial charge on any atom is -0.0888 e. The monoisotopic (exact) mass is 286 g/mol. The van der Waals surface area contributed by atoms with Gasteiger partial charge in [0.1, 0.15) is 0 Å². The van der Waals surface area contributed by atoms with Gasteiger partial charge in [0.05, 0.1) is 0 Å². The first-order valence-corrected chi connectivity index (χ1v) is 6.85. The number of halogens is 2. The quantitative estimate of drug-likeness (QED) is 0.688. The molecule has 0 amide bonds. The molecule has 15 heavy (non-hydrogen) atoms. The molecule has 2 unspecified atom stereocenters. The Hall–Kier alpha value is -0.0100. The van der Waals surface area contributed by atoms with Crippen LogP contribution in [0.3, 0.4) is 0 Å². The van der Waals surface area contributed by atoms with Crippen LogP contribution in [0.5, 0.6) is 0 Å². The van der Waals surface area contributed by atoms with E-state index in [-0.39, 0.29) is 0 Å². The van der Waals surface area contributed by atoms with Crippen LogP contribution in [0.2, 0.25) is 5.02 Å². The van der Waals surface area contributed by atoms with Crippen molar-refractivity contribution in [2.45, 2.75) is 37.4 Å². The molecule has 1 aromatic rings. The second-order valence-electron chi connectivity index (χ2n) is 4.49. The van der Waals surface area contributed by atoms with Gasteiger partial charge in [-0.15, -0.1) is 0 Å². The van der Waals surface area contributed by atoms with Gasteiger partial charge in [-0.05, 0) is 49.3 Å². The third-order valence-electron chi connectivity index (χ3n) is 3.29. The highest BCUT2D eigenvalue weighted by molar-refractivity contribution is 9.09. The van der Waals surface area contributed by atoms with E-state index in [1.165, 1.54) is 36.8 Å². The van der Waals surface area contributed by atoms with Crippen molar-refractivity contribution in [2.24, 2.45) is 5.92 Å². The van der Waals surface area contributed by atoms with E-state index >= 15 is 0 Å². The van der Waals surface area contributed by atoms with Crippen LogP contribution < -0.4 is 0 Å². The molecule has 1 aliphatic rings. The highest BCUT2D eigenvalue weighted by atomic mass is 79.9. The normalized spacial score (nSPS) is 25.8. The molecule has 0 aromatic heterocycles. The largest absolute Gasteiger partial charge is 0.0888 e. The van der Waals surface area contributed by atoms with E-state index in [2.05, 4.69) is 35.0 Å². The van der Waals surface area contributed by atoms with E-state index in [9.17, 15) is 0 Å². The van der Waals surface area contributed by atoms with Gasteiger partial charge in [-0.2, -0.15) is 0 Å². The van der Waals surface area contributed by atoms with E-state index in [0.29, 0.717) is 4.83 Å². The predicted octanol–water partition coefficient (Wildman–Crippen LogP) is 4.75. The van der Waals surface area contributed by atoms with Crippen LogP contribution in [0.25, 0.3) is 0 Å². The first-order valence-electron chi connectivity index (χ1n) is 5.56. The number of hydrogen-bond donors (Lipinski definition) is 0.